The van der Waals surface area contributed by atoms with Crippen molar-refractivity contribution in [3.8, 4) is 11.5 Å². The molecule has 0 fully saturated rings. The van der Waals surface area contributed by atoms with Crippen LogP contribution in [0.1, 0.15) is 20.3 Å². The molecule has 6 heteroatoms. The minimum Gasteiger partial charge on any atom is -0.493 e. The van der Waals surface area contributed by atoms with Crippen molar-refractivity contribution in [3.05, 3.63) is 18.5 Å². The molecule has 0 radical (unpaired) electrons. The Morgan fingerprint density at radius 3 is 2.39 bits per heavy atom. The Bertz CT molecular complexity index is 629. The molecule has 0 unspecified atom stereocenters. The average Bonchev–Trinajstić information content (AvgIpc) is 2.60. The second-order valence-electron chi connectivity index (χ2n) is 5.25. The van der Waals surface area contributed by atoms with Crippen molar-refractivity contribution in [2.45, 2.75) is 20.3 Å². The molecule has 2 aromatic rings. The van der Waals surface area contributed by atoms with Crippen molar-refractivity contribution in [2.75, 3.05) is 45.7 Å². The van der Waals surface area contributed by atoms with E-state index in [0.717, 1.165) is 49.3 Å². The number of nitrogens with zero attached hydrogens (tertiary/aromatic N) is 3. The monoisotopic (exact) mass is 318 g/mol. The number of hydrogen-bond acceptors (Lipinski definition) is 6. The predicted molar refractivity (Wildman–Crippen MR) is 93.5 cm³/mol. The fraction of sp³-hybridized carbons (Fsp3) is 0.529. The van der Waals surface area contributed by atoms with Crippen molar-refractivity contribution >= 4 is 16.7 Å². The van der Waals surface area contributed by atoms with Crippen LogP contribution < -0.4 is 14.8 Å². The van der Waals surface area contributed by atoms with E-state index in [1.807, 2.05) is 12.1 Å². The third kappa shape index (κ3) is 4.22. The summed E-state index contributed by atoms with van der Waals surface area (Å²) in [6, 6.07) is 3.79. The lowest BCUT2D eigenvalue weighted by atomic mass is 10.2. The molecular formula is C17H26N4O2. The molecule has 126 valence electrons. The molecule has 0 aliphatic rings. The van der Waals surface area contributed by atoms with E-state index in [4.69, 9.17) is 9.47 Å². The highest BCUT2D eigenvalue weighted by molar-refractivity contribution is 5.91. The number of benzene rings is 1. The molecule has 0 saturated carbocycles. The van der Waals surface area contributed by atoms with Gasteiger partial charge in [0.15, 0.2) is 11.5 Å². The summed E-state index contributed by atoms with van der Waals surface area (Å²) in [7, 11) is 3.25. The van der Waals surface area contributed by atoms with E-state index in [2.05, 4.69) is 34.0 Å². The van der Waals surface area contributed by atoms with Crippen molar-refractivity contribution in [1.82, 2.24) is 14.9 Å². The number of ether oxygens (including phenoxy) is 2. The lowest BCUT2D eigenvalue weighted by molar-refractivity contribution is 0.303. The molecule has 1 aromatic heterocycles. The van der Waals surface area contributed by atoms with Gasteiger partial charge in [0.05, 0.1) is 19.7 Å². The van der Waals surface area contributed by atoms with Crippen LogP contribution in [0.5, 0.6) is 11.5 Å². The first-order valence-electron chi connectivity index (χ1n) is 8.06. The van der Waals surface area contributed by atoms with Crippen molar-refractivity contribution in [2.24, 2.45) is 0 Å². The lowest BCUT2D eigenvalue weighted by Crippen LogP contribution is -2.25. The van der Waals surface area contributed by atoms with Gasteiger partial charge in [0.2, 0.25) is 0 Å². The van der Waals surface area contributed by atoms with Gasteiger partial charge in [-0.05, 0) is 32.1 Å². The Balaban J connectivity index is 2.11. The summed E-state index contributed by atoms with van der Waals surface area (Å²) in [5.74, 6) is 2.18. The van der Waals surface area contributed by atoms with Gasteiger partial charge in [-0.15, -0.1) is 0 Å². The second-order valence-corrected chi connectivity index (χ2v) is 5.25. The normalized spacial score (nSPS) is 11.0. The first kappa shape index (κ1) is 17.3. The molecule has 2 rings (SSSR count). The summed E-state index contributed by atoms with van der Waals surface area (Å²) in [5.41, 5.74) is 0.837. The highest BCUT2D eigenvalue weighted by Crippen LogP contribution is 2.33. The maximum Gasteiger partial charge on any atom is 0.162 e. The zero-order valence-electron chi connectivity index (χ0n) is 14.4. The minimum absolute atomic E-state index is 0.672. The van der Waals surface area contributed by atoms with E-state index in [9.17, 15) is 0 Å². The van der Waals surface area contributed by atoms with Crippen LogP contribution in [0, 0.1) is 0 Å². The van der Waals surface area contributed by atoms with E-state index in [0.29, 0.717) is 11.5 Å². The zero-order valence-corrected chi connectivity index (χ0v) is 14.4. The minimum atomic E-state index is 0.672. The summed E-state index contributed by atoms with van der Waals surface area (Å²) in [6.07, 6.45) is 2.64. The Labute approximate surface area is 137 Å². The molecule has 23 heavy (non-hydrogen) atoms. The summed E-state index contributed by atoms with van der Waals surface area (Å²) in [6.45, 7) is 8.51. The SMILES string of the molecule is CCN(CC)CCCNc1ncnc2cc(OC)c(OC)cc12. The summed E-state index contributed by atoms with van der Waals surface area (Å²) < 4.78 is 10.7. The third-order valence-electron chi connectivity index (χ3n) is 3.98. The third-order valence-corrected chi connectivity index (χ3v) is 3.98. The Morgan fingerprint density at radius 2 is 1.74 bits per heavy atom. The van der Waals surface area contributed by atoms with Crippen LogP contribution in [0.25, 0.3) is 10.9 Å². The highest BCUT2D eigenvalue weighted by Gasteiger charge is 2.10. The lowest BCUT2D eigenvalue weighted by Gasteiger charge is -2.18. The van der Waals surface area contributed by atoms with Gasteiger partial charge in [-0.2, -0.15) is 0 Å². The fourth-order valence-electron chi connectivity index (χ4n) is 2.57. The van der Waals surface area contributed by atoms with E-state index >= 15 is 0 Å². The van der Waals surface area contributed by atoms with Crippen LogP contribution >= 0.6 is 0 Å². The molecule has 1 aromatic carbocycles. The van der Waals surface area contributed by atoms with Gasteiger partial charge in [-0.1, -0.05) is 13.8 Å². The first-order chi connectivity index (χ1) is 11.2. The van der Waals surface area contributed by atoms with Crippen LogP contribution in [-0.2, 0) is 0 Å². The number of rotatable bonds is 9. The Kier molecular flexibility index (Phi) is 6.40. The van der Waals surface area contributed by atoms with E-state index in [-0.39, 0.29) is 0 Å². The number of aromatic nitrogens is 2. The van der Waals surface area contributed by atoms with Crippen LogP contribution in [0.2, 0.25) is 0 Å². The second kappa shape index (κ2) is 8.53. The summed E-state index contributed by atoms with van der Waals surface area (Å²) in [4.78, 5) is 11.1. The molecule has 6 nitrogen and oxygen atoms in total. The van der Waals surface area contributed by atoms with Gasteiger partial charge >= 0.3 is 0 Å². The van der Waals surface area contributed by atoms with Crippen molar-refractivity contribution in [3.63, 3.8) is 0 Å². The van der Waals surface area contributed by atoms with Gasteiger partial charge in [0.25, 0.3) is 0 Å². The quantitative estimate of drug-likeness (QED) is 0.718. The molecule has 0 aliphatic carbocycles. The maximum atomic E-state index is 5.37. The van der Waals surface area contributed by atoms with Crippen LogP contribution in [0.15, 0.2) is 18.5 Å². The number of hydrogen-bond donors (Lipinski definition) is 1. The van der Waals surface area contributed by atoms with Crippen molar-refractivity contribution in [1.29, 1.82) is 0 Å². The first-order valence-corrected chi connectivity index (χ1v) is 8.06. The largest absolute Gasteiger partial charge is 0.493 e. The number of anilines is 1. The topological polar surface area (TPSA) is 59.5 Å². The maximum absolute atomic E-state index is 5.37. The number of methoxy groups -OCH3 is 2. The molecule has 0 aliphatic heterocycles. The molecule has 1 N–H and O–H groups in total. The van der Waals surface area contributed by atoms with E-state index in [1.165, 1.54) is 0 Å². The zero-order chi connectivity index (χ0) is 16.7. The smallest absolute Gasteiger partial charge is 0.162 e. The van der Waals surface area contributed by atoms with Gasteiger partial charge in [-0.25, -0.2) is 9.97 Å². The van der Waals surface area contributed by atoms with Gasteiger partial charge in [-0.3, -0.25) is 0 Å². The average molecular weight is 318 g/mol. The Morgan fingerprint density at radius 1 is 1.04 bits per heavy atom. The van der Waals surface area contributed by atoms with Gasteiger partial charge in [0, 0.05) is 18.0 Å². The standard InChI is InChI=1S/C17H26N4O2/c1-5-21(6-2)9-7-8-18-17-13-10-15(22-3)16(23-4)11-14(13)19-12-20-17/h10-12H,5-9H2,1-4H3,(H,18,19,20). The summed E-state index contributed by atoms with van der Waals surface area (Å²) in [5, 5.41) is 4.34. The van der Waals surface area contributed by atoms with E-state index < -0.39 is 0 Å². The molecule has 0 amide bonds. The van der Waals surface area contributed by atoms with Gasteiger partial charge < -0.3 is 19.7 Å². The molecule has 1 heterocycles. The molecule has 0 bridgehead atoms. The molecular weight excluding hydrogens is 292 g/mol. The number of nitrogens with one attached hydrogen (secondary N) is 1. The molecule has 0 saturated heterocycles. The van der Waals surface area contributed by atoms with Crippen molar-refractivity contribution < 1.29 is 9.47 Å². The van der Waals surface area contributed by atoms with Gasteiger partial charge in [0.1, 0.15) is 12.1 Å². The predicted octanol–water partition coefficient (Wildman–Crippen LogP) is 2.79. The van der Waals surface area contributed by atoms with Crippen LogP contribution in [0.3, 0.4) is 0 Å². The summed E-state index contributed by atoms with van der Waals surface area (Å²) >= 11 is 0. The molecule has 0 spiro atoms. The fourth-order valence-corrected chi connectivity index (χ4v) is 2.57. The van der Waals surface area contributed by atoms with Crippen LogP contribution in [-0.4, -0.2) is 55.3 Å². The van der Waals surface area contributed by atoms with E-state index in [1.54, 1.807) is 20.5 Å². The Hall–Kier alpha value is -2.08. The highest BCUT2D eigenvalue weighted by atomic mass is 16.5. The number of fused-ring (bicyclic) bond motifs is 1. The van der Waals surface area contributed by atoms with Crippen LogP contribution in [0.4, 0.5) is 5.82 Å². The molecule has 0 atom stereocenters.